The van der Waals surface area contributed by atoms with Crippen molar-refractivity contribution in [3.8, 4) is 17.1 Å². The Kier molecular flexibility index (Phi) is 6.96. The molecule has 4 rings (SSSR count). The lowest BCUT2D eigenvalue weighted by Crippen LogP contribution is -2.47. The Labute approximate surface area is 181 Å². The summed E-state index contributed by atoms with van der Waals surface area (Å²) in [5.41, 5.74) is 1.78. The van der Waals surface area contributed by atoms with Crippen molar-refractivity contribution in [1.29, 1.82) is 0 Å². The fourth-order valence-electron chi connectivity index (χ4n) is 3.59. The number of hydrogen-bond donors (Lipinski definition) is 2. The normalized spacial score (nSPS) is 20.9. The fourth-order valence-corrected chi connectivity index (χ4v) is 3.59. The maximum absolute atomic E-state index is 12.1. The molecule has 7 heteroatoms. The van der Waals surface area contributed by atoms with Crippen molar-refractivity contribution in [3.05, 3.63) is 72.4 Å². The molecule has 0 radical (unpaired) electrons. The van der Waals surface area contributed by atoms with Crippen molar-refractivity contribution in [3.63, 3.8) is 0 Å². The number of benzene rings is 2. The Hall–Kier alpha value is -3.16. The van der Waals surface area contributed by atoms with Crippen molar-refractivity contribution >= 4 is 5.91 Å². The monoisotopic (exact) mass is 422 g/mol. The Morgan fingerprint density at radius 2 is 1.84 bits per heavy atom. The minimum Gasteiger partial charge on any atom is -0.484 e. The van der Waals surface area contributed by atoms with E-state index in [-0.39, 0.29) is 25.2 Å². The molecule has 2 heterocycles. The lowest BCUT2D eigenvalue weighted by atomic mass is 9.98. The molecule has 1 aliphatic rings. The van der Waals surface area contributed by atoms with Crippen LogP contribution in [0.15, 0.2) is 71.3 Å². The largest absolute Gasteiger partial charge is 0.484 e. The summed E-state index contributed by atoms with van der Waals surface area (Å²) < 4.78 is 16.9. The Balaban J connectivity index is 1.25. The van der Waals surface area contributed by atoms with E-state index in [1.165, 1.54) is 0 Å². The molecule has 0 spiro atoms. The minimum absolute atomic E-state index is 0.0859. The van der Waals surface area contributed by atoms with E-state index in [4.69, 9.17) is 14.0 Å². The molecule has 0 bridgehead atoms. The second-order valence-electron chi connectivity index (χ2n) is 7.60. The molecular formula is C24H26N2O5. The molecule has 1 aromatic heterocycles. The van der Waals surface area contributed by atoms with Gasteiger partial charge in [0.25, 0.3) is 5.91 Å². The van der Waals surface area contributed by atoms with E-state index < -0.39 is 12.2 Å². The highest BCUT2D eigenvalue weighted by atomic mass is 16.5. The van der Waals surface area contributed by atoms with Crippen molar-refractivity contribution in [2.24, 2.45) is 0 Å². The first-order valence-corrected chi connectivity index (χ1v) is 10.5. The van der Waals surface area contributed by atoms with Gasteiger partial charge in [0, 0.05) is 24.6 Å². The Morgan fingerprint density at radius 3 is 2.61 bits per heavy atom. The number of ether oxygens (including phenoxy) is 2. The summed E-state index contributed by atoms with van der Waals surface area (Å²) in [5.74, 6) is 1.09. The molecule has 31 heavy (non-hydrogen) atoms. The number of aliphatic hydroxyl groups is 1. The van der Waals surface area contributed by atoms with Crippen molar-refractivity contribution in [2.75, 3.05) is 13.2 Å². The standard InChI is InChI=1S/C24H26N2O5/c27-21-12-11-20(13-18-14-22(31-26-18)17-7-3-1-4-8-17)30-23(21)15-25-24(28)16-29-19-9-5-2-6-10-19/h1-10,14,20-21,23,27H,11-13,15-16H2,(H,25,28)/t20-,21-,23+/m0/s1. The highest BCUT2D eigenvalue weighted by Gasteiger charge is 2.30. The van der Waals surface area contributed by atoms with Gasteiger partial charge in [0.15, 0.2) is 12.4 Å². The number of aliphatic hydroxyl groups excluding tert-OH is 1. The average Bonchev–Trinajstić information content (AvgIpc) is 3.28. The quantitative estimate of drug-likeness (QED) is 0.580. The first kappa shape index (κ1) is 21.1. The first-order chi connectivity index (χ1) is 15.2. The Bertz CT molecular complexity index is 960. The number of nitrogens with zero attached hydrogens (tertiary/aromatic N) is 1. The van der Waals surface area contributed by atoms with E-state index in [1.54, 1.807) is 12.1 Å². The van der Waals surface area contributed by atoms with Gasteiger partial charge in [-0.1, -0.05) is 53.7 Å². The van der Waals surface area contributed by atoms with E-state index in [0.29, 0.717) is 24.4 Å². The molecule has 0 aliphatic carbocycles. The van der Waals surface area contributed by atoms with E-state index in [1.807, 2.05) is 54.6 Å². The van der Waals surface area contributed by atoms with Gasteiger partial charge in [0.2, 0.25) is 0 Å². The molecule has 2 N–H and O–H groups in total. The molecule has 0 unspecified atom stereocenters. The average molecular weight is 422 g/mol. The van der Waals surface area contributed by atoms with Crippen LogP contribution in [0.2, 0.25) is 0 Å². The summed E-state index contributed by atoms with van der Waals surface area (Å²) in [4.78, 5) is 12.1. The summed E-state index contributed by atoms with van der Waals surface area (Å²) in [5, 5.41) is 17.2. The summed E-state index contributed by atoms with van der Waals surface area (Å²) in [6.45, 7) is 0.139. The Morgan fingerprint density at radius 1 is 1.10 bits per heavy atom. The number of nitrogens with one attached hydrogen (secondary N) is 1. The fraction of sp³-hybridized carbons (Fsp3) is 0.333. The van der Waals surface area contributed by atoms with Crippen molar-refractivity contribution in [1.82, 2.24) is 10.5 Å². The molecule has 3 atom stereocenters. The highest BCUT2D eigenvalue weighted by molar-refractivity contribution is 5.77. The maximum atomic E-state index is 12.1. The van der Waals surface area contributed by atoms with Crippen LogP contribution >= 0.6 is 0 Å². The number of amides is 1. The predicted molar refractivity (Wildman–Crippen MR) is 114 cm³/mol. The number of aromatic nitrogens is 1. The van der Waals surface area contributed by atoms with Gasteiger partial charge in [-0.2, -0.15) is 0 Å². The molecular weight excluding hydrogens is 396 g/mol. The van der Waals surface area contributed by atoms with Gasteiger partial charge >= 0.3 is 0 Å². The molecule has 0 saturated carbocycles. The summed E-state index contributed by atoms with van der Waals surface area (Å²) >= 11 is 0. The van der Waals surface area contributed by atoms with Crippen LogP contribution in [0.25, 0.3) is 11.3 Å². The van der Waals surface area contributed by atoms with Crippen LogP contribution in [-0.2, 0) is 16.0 Å². The molecule has 3 aromatic rings. The van der Waals surface area contributed by atoms with Crippen LogP contribution in [0.1, 0.15) is 18.5 Å². The molecule has 162 valence electrons. The lowest BCUT2D eigenvalue weighted by Gasteiger charge is -2.33. The van der Waals surface area contributed by atoms with E-state index >= 15 is 0 Å². The van der Waals surface area contributed by atoms with Gasteiger partial charge in [-0.15, -0.1) is 0 Å². The molecule has 1 fully saturated rings. The van der Waals surface area contributed by atoms with E-state index in [9.17, 15) is 9.90 Å². The summed E-state index contributed by atoms with van der Waals surface area (Å²) in [7, 11) is 0. The zero-order chi connectivity index (χ0) is 21.5. The SMILES string of the molecule is O=C(COc1ccccc1)NC[C@H]1O[C@H](Cc2cc(-c3ccccc3)on2)CC[C@@H]1O. The van der Waals surface area contributed by atoms with E-state index in [0.717, 1.165) is 17.7 Å². The van der Waals surface area contributed by atoms with Crippen molar-refractivity contribution < 1.29 is 23.9 Å². The van der Waals surface area contributed by atoms with Crippen LogP contribution < -0.4 is 10.1 Å². The third kappa shape index (κ3) is 5.93. The number of para-hydroxylation sites is 1. The van der Waals surface area contributed by atoms with Gasteiger partial charge in [0.1, 0.15) is 11.9 Å². The number of carbonyl (C=O) groups excluding carboxylic acids is 1. The third-order valence-corrected chi connectivity index (χ3v) is 5.25. The number of rotatable bonds is 8. The van der Waals surface area contributed by atoms with Gasteiger partial charge in [-0.25, -0.2) is 0 Å². The molecule has 2 aromatic carbocycles. The third-order valence-electron chi connectivity index (χ3n) is 5.25. The number of carbonyl (C=O) groups is 1. The highest BCUT2D eigenvalue weighted by Crippen LogP contribution is 2.25. The van der Waals surface area contributed by atoms with Crippen LogP contribution in [0.4, 0.5) is 0 Å². The second-order valence-corrected chi connectivity index (χ2v) is 7.60. The summed E-state index contributed by atoms with van der Waals surface area (Å²) in [6.07, 6.45) is 0.721. The molecule has 1 aliphatic heterocycles. The van der Waals surface area contributed by atoms with Crippen LogP contribution in [0.3, 0.4) is 0 Å². The molecule has 1 saturated heterocycles. The van der Waals surface area contributed by atoms with Gasteiger partial charge in [0.05, 0.1) is 17.9 Å². The zero-order valence-corrected chi connectivity index (χ0v) is 17.1. The lowest BCUT2D eigenvalue weighted by molar-refractivity contribution is -0.130. The minimum atomic E-state index is -0.621. The molecule has 1 amide bonds. The van der Waals surface area contributed by atoms with Crippen LogP contribution in [0, 0.1) is 0 Å². The summed E-state index contributed by atoms with van der Waals surface area (Å²) in [6, 6.07) is 20.9. The van der Waals surface area contributed by atoms with Gasteiger partial charge < -0.3 is 24.4 Å². The van der Waals surface area contributed by atoms with Crippen molar-refractivity contribution in [2.45, 2.75) is 37.6 Å². The van der Waals surface area contributed by atoms with Gasteiger partial charge in [-0.05, 0) is 25.0 Å². The van der Waals surface area contributed by atoms with Crippen LogP contribution in [-0.4, -0.2) is 47.6 Å². The predicted octanol–water partition coefficient (Wildman–Crippen LogP) is 2.99. The smallest absolute Gasteiger partial charge is 0.258 e. The first-order valence-electron chi connectivity index (χ1n) is 10.5. The van der Waals surface area contributed by atoms with Crippen LogP contribution in [0.5, 0.6) is 5.75 Å². The zero-order valence-electron chi connectivity index (χ0n) is 17.1. The second kappa shape index (κ2) is 10.2. The van der Waals surface area contributed by atoms with Gasteiger partial charge in [-0.3, -0.25) is 4.79 Å². The van der Waals surface area contributed by atoms with E-state index in [2.05, 4.69) is 10.5 Å². The number of hydrogen-bond acceptors (Lipinski definition) is 6. The topological polar surface area (TPSA) is 93.8 Å². The molecule has 7 nitrogen and oxygen atoms in total. The maximum Gasteiger partial charge on any atom is 0.258 e.